The van der Waals surface area contributed by atoms with Crippen LogP contribution in [0.25, 0.3) is 0 Å². The molecule has 0 aliphatic rings. The second-order valence-corrected chi connectivity index (χ2v) is 5.24. The second-order valence-electron chi connectivity index (χ2n) is 3.78. The van der Waals surface area contributed by atoms with Crippen LogP contribution in [0.2, 0.25) is 5.02 Å². The number of nitrogen functional groups attached to an aromatic ring is 1. The van der Waals surface area contributed by atoms with Gasteiger partial charge in [-0.05, 0) is 24.3 Å². The maximum Gasteiger partial charge on any atom is 0.122 e. The van der Waals surface area contributed by atoms with Crippen LogP contribution >= 0.6 is 23.4 Å². The van der Waals surface area contributed by atoms with E-state index in [0.717, 1.165) is 27.6 Å². The number of rotatable bonds is 4. The van der Waals surface area contributed by atoms with Crippen LogP contribution in [0, 0.1) is 0 Å². The summed E-state index contributed by atoms with van der Waals surface area (Å²) in [4.78, 5) is 0.994. The van der Waals surface area contributed by atoms with E-state index in [2.05, 4.69) is 0 Å². The molecule has 2 aromatic carbocycles. The van der Waals surface area contributed by atoms with Crippen molar-refractivity contribution in [3.05, 3.63) is 53.1 Å². The fourth-order valence-electron chi connectivity index (χ4n) is 1.61. The molecule has 2 N–H and O–H groups in total. The molecule has 4 heteroatoms. The van der Waals surface area contributed by atoms with Crippen molar-refractivity contribution in [2.75, 3.05) is 12.8 Å². The predicted octanol–water partition coefficient (Wildman–Crippen LogP) is 4.22. The molecule has 2 rings (SSSR count). The minimum absolute atomic E-state index is 0.701. The molecule has 0 atom stereocenters. The van der Waals surface area contributed by atoms with Gasteiger partial charge in [0, 0.05) is 26.9 Å². The van der Waals surface area contributed by atoms with Crippen molar-refractivity contribution in [1.29, 1.82) is 0 Å². The van der Waals surface area contributed by atoms with Crippen molar-refractivity contribution in [3.8, 4) is 5.75 Å². The maximum absolute atomic E-state index is 5.96. The van der Waals surface area contributed by atoms with Gasteiger partial charge in [-0.1, -0.05) is 29.8 Å². The molecule has 0 saturated carbocycles. The molecule has 0 unspecified atom stereocenters. The van der Waals surface area contributed by atoms with Gasteiger partial charge in [0.2, 0.25) is 0 Å². The third-order valence-corrected chi connectivity index (χ3v) is 3.91. The number of anilines is 1. The number of thioether (sulfide) groups is 1. The standard InChI is InChI=1S/C14H14ClNOS/c1-17-13-5-3-2-4-10(13)9-18-14-8-11(15)6-7-12(14)16/h2-8H,9,16H2,1H3. The van der Waals surface area contributed by atoms with Gasteiger partial charge in [0.25, 0.3) is 0 Å². The summed E-state index contributed by atoms with van der Waals surface area (Å²) in [6, 6.07) is 13.5. The fraction of sp³-hybridized carbons (Fsp3) is 0.143. The van der Waals surface area contributed by atoms with E-state index in [0.29, 0.717) is 5.02 Å². The van der Waals surface area contributed by atoms with Crippen molar-refractivity contribution in [3.63, 3.8) is 0 Å². The largest absolute Gasteiger partial charge is 0.496 e. The molecule has 18 heavy (non-hydrogen) atoms. The molecule has 0 radical (unpaired) electrons. The van der Waals surface area contributed by atoms with Crippen LogP contribution in [-0.2, 0) is 5.75 Å². The molecule has 2 aromatic rings. The Bertz CT molecular complexity index is 545. The summed E-state index contributed by atoms with van der Waals surface area (Å²) >= 11 is 7.62. The minimum Gasteiger partial charge on any atom is -0.496 e. The number of ether oxygens (including phenoxy) is 1. The highest BCUT2D eigenvalue weighted by Crippen LogP contribution is 2.32. The predicted molar refractivity (Wildman–Crippen MR) is 78.4 cm³/mol. The Kier molecular flexibility index (Phi) is 4.39. The van der Waals surface area contributed by atoms with Crippen LogP contribution < -0.4 is 10.5 Å². The van der Waals surface area contributed by atoms with E-state index in [1.165, 1.54) is 0 Å². The Morgan fingerprint density at radius 2 is 2.00 bits per heavy atom. The maximum atomic E-state index is 5.96. The van der Waals surface area contributed by atoms with E-state index in [4.69, 9.17) is 22.1 Å². The summed E-state index contributed by atoms with van der Waals surface area (Å²) < 4.78 is 5.32. The van der Waals surface area contributed by atoms with E-state index < -0.39 is 0 Å². The lowest BCUT2D eigenvalue weighted by atomic mass is 10.2. The van der Waals surface area contributed by atoms with Gasteiger partial charge in [0.15, 0.2) is 0 Å². The molecule has 0 aliphatic carbocycles. The molecule has 94 valence electrons. The summed E-state index contributed by atoms with van der Waals surface area (Å²) in [5, 5.41) is 0.701. The summed E-state index contributed by atoms with van der Waals surface area (Å²) in [7, 11) is 1.68. The molecule has 0 saturated heterocycles. The van der Waals surface area contributed by atoms with Gasteiger partial charge >= 0.3 is 0 Å². The van der Waals surface area contributed by atoms with Gasteiger partial charge in [-0.2, -0.15) is 0 Å². The first-order valence-electron chi connectivity index (χ1n) is 5.50. The number of hydrogen-bond acceptors (Lipinski definition) is 3. The summed E-state index contributed by atoms with van der Waals surface area (Å²) in [6.07, 6.45) is 0. The number of methoxy groups -OCH3 is 1. The second kappa shape index (κ2) is 6.03. The van der Waals surface area contributed by atoms with Crippen LogP contribution in [0.3, 0.4) is 0 Å². The lowest BCUT2D eigenvalue weighted by Crippen LogP contribution is -1.91. The van der Waals surface area contributed by atoms with Gasteiger partial charge in [-0.3, -0.25) is 0 Å². The molecule has 0 amide bonds. The molecule has 0 heterocycles. The van der Waals surface area contributed by atoms with Crippen LogP contribution in [0.5, 0.6) is 5.75 Å². The first kappa shape index (κ1) is 13.1. The van der Waals surface area contributed by atoms with Crippen LogP contribution in [-0.4, -0.2) is 7.11 Å². The SMILES string of the molecule is COc1ccccc1CSc1cc(Cl)ccc1N. The third-order valence-electron chi connectivity index (χ3n) is 2.55. The van der Waals surface area contributed by atoms with Crippen LogP contribution in [0.15, 0.2) is 47.4 Å². The third kappa shape index (κ3) is 3.12. The van der Waals surface area contributed by atoms with Gasteiger partial charge in [-0.25, -0.2) is 0 Å². The fourth-order valence-corrected chi connectivity index (χ4v) is 2.84. The van der Waals surface area contributed by atoms with Gasteiger partial charge < -0.3 is 10.5 Å². The smallest absolute Gasteiger partial charge is 0.122 e. The van der Waals surface area contributed by atoms with Gasteiger partial charge in [0.05, 0.1) is 7.11 Å². The Labute approximate surface area is 116 Å². The highest BCUT2D eigenvalue weighted by molar-refractivity contribution is 7.98. The summed E-state index contributed by atoms with van der Waals surface area (Å²) in [5.74, 6) is 1.69. The van der Waals surface area contributed by atoms with E-state index >= 15 is 0 Å². The van der Waals surface area contributed by atoms with Crippen LogP contribution in [0.4, 0.5) is 5.69 Å². The van der Waals surface area contributed by atoms with E-state index in [9.17, 15) is 0 Å². The number of halogens is 1. The quantitative estimate of drug-likeness (QED) is 0.672. The van der Waals surface area contributed by atoms with Crippen molar-refractivity contribution < 1.29 is 4.74 Å². The zero-order chi connectivity index (χ0) is 13.0. The zero-order valence-corrected chi connectivity index (χ0v) is 11.6. The molecule has 0 fully saturated rings. The van der Waals surface area contributed by atoms with Gasteiger partial charge in [0.1, 0.15) is 5.75 Å². The molecule has 0 aromatic heterocycles. The van der Waals surface area contributed by atoms with Crippen molar-refractivity contribution in [2.24, 2.45) is 0 Å². The molecule has 2 nitrogen and oxygen atoms in total. The Hall–Kier alpha value is -1.32. The lowest BCUT2D eigenvalue weighted by Gasteiger charge is -2.09. The first-order chi connectivity index (χ1) is 8.70. The van der Waals surface area contributed by atoms with Crippen LogP contribution in [0.1, 0.15) is 5.56 Å². The highest BCUT2D eigenvalue weighted by atomic mass is 35.5. The van der Waals surface area contributed by atoms with E-state index in [1.807, 2.05) is 36.4 Å². The number of benzene rings is 2. The summed E-state index contributed by atoms with van der Waals surface area (Å²) in [5.41, 5.74) is 7.81. The van der Waals surface area contributed by atoms with E-state index in [-0.39, 0.29) is 0 Å². The molecule has 0 bridgehead atoms. The zero-order valence-electron chi connectivity index (χ0n) is 10.0. The lowest BCUT2D eigenvalue weighted by molar-refractivity contribution is 0.411. The molecular weight excluding hydrogens is 266 g/mol. The van der Waals surface area contributed by atoms with Crippen molar-refractivity contribution >= 4 is 29.1 Å². The first-order valence-corrected chi connectivity index (χ1v) is 6.87. The van der Waals surface area contributed by atoms with Crippen molar-refractivity contribution in [1.82, 2.24) is 0 Å². The van der Waals surface area contributed by atoms with E-state index in [1.54, 1.807) is 24.9 Å². The highest BCUT2D eigenvalue weighted by Gasteiger charge is 2.05. The number of nitrogens with two attached hydrogens (primary N) is 1. The average molecular weight is 280 g/mol. The normalized spacial score (nSPS) is 10.3. The number of hydrogen-bond donors (Lipinski definition) is 1. The molecular formula is C14H14ClNOS. The monoisotopic (exact) mass is 279 g/mol. The Balaban J connectivity index is 2.14. The Morgan fingerprint density at radius 1 is 1.22 bits per heavy atom. The average Bonchev–Trinajstić information content (AvgIpc) is 2.40. The molecule has 0 spiro atoms. The summed E-state index contributed by atoms with van der Waals surface area (Å²) in [6.45, 7) is 0. The topological polar surface area (TPSA) is 35.2 Å². The van der Waals surface area contributed by atoms with Gasteiger partial charge in [-0.15, -0.1) is 11.8 Å². The molecule has 0 aliphatic heterocycles. The Morgan fingerprint density at radius 3 is 2.78 bits per heavy atom. The number of para-hydroxylation sites is 1. The van der Waals surface area contributed by atoms with Crippen molar-refractivity contribution in [2.45, 2.75) is 10.6 Å². The minimum atomic E-state index is 0.701.